The molecule has 0 bridgehead atoms. The van der Waals surface area contributed by atoms with Crippen LogP contribution in [-0.2, 0) is 21.0 Å². The van der Waals surface area contributed by atoms with Gasteiger partial charge < -0.3 is 10.1 Å². The van der Waals surface area contributed by atoms with Gasteiger partial charge in [-0.05, 0) is 42.8 Å². The lowest BCUT2D eigenvalue weighted by Crippen LogP contribution is -2.47. The SMILES string of the molecule is CC[C@H](C(=O)Nc1ccc(C(F)(F)F)cc1)N(c1cccc(OC)c1)S(C)(=O)=O. The third-order valence-corrected chi connectivity index (χ3v) is 5.30. The molecular formula is C19H21F3N2O4S. The molecule has 1 atom stereocenters. The van der Waals surface area contributed by atoms with Crippen molar-refractivity contribution in [1.29, 1.82) is 0 Å². The van der Waals surface area contributed by atoms with Crippen LogP contribution in [0.15, 0.2) is 48.5 Å². The number of amides is 1. The van der Waals surface area contributed by atoms with Crippen LogP contribution in [0.2, 0.25) is 0 Å². The number of hydrogen-bond acceptors (Lipinski definition) is 4. The molecule has 0 saturated heterocycles. The first-order valence-corrected chi connectivity index (χ1v) is 10.4. The molecule has 2 rings (SSSR count). The van der Waals surface area contributed by atoms with E-state index in [-0.39, 0.29) is 17.8 Å². The zero-order chi connectivity index (χ0) is 21.8. The number of nitrogens with zero attached hydrogens (tertiary/aromatic N) is 1. The predicted octanol–water partition coefficient (Wildman–Crippen LogP) is 3.90. The van der Waals surface area contributed by atoms with Crippen LogP contribution in [0.5, 0.6) is 5.75 Å². The summed E-state index contributed by atoms with van der Waals surface area (Å²) in [6.07, 6.45) is -3.38. The van der Waals surface area contributed by atoms with E-state index in [0.29, 0.717) is 5.75 Å². The molecule has 2 aromatic rings. The molecular weight excluding hydrogens is 409 g/mol. The number of rotatable bonds is 7. The number of methoxy groups -OCH3 is 1. The molecule has 0 aromatic heterocycles. The van der Waals surface area contributed by atoms with Gasteiger partial charge in [0.2, 0.25) is 15.9 Å². The number of halogens is 3. The van der Waals surface area contributed by atoms with Gasteiger partial charge in [0.05, 0.1) is 24.6 Å². The van der Waals surface area contributed by atoms with Crippen molar-refractivity contribution in [3.63, 3.8) is 0 Å². The molecule has 29 heavy (non-hydrogen) atoms. The van der Waals surface area contributed by atoms with E-state index in [9.17, 15) is 26.4 Å². The van der Waals surface area contributed by atoms with Gasteiger partial charge in [-0.1, -0.05) is 13.0 Å². The number of carbonyl (C=O) groups is 1. The number of anilines is 2. The van der Waals surface area contributed by atoms with Crippen LogP contribution in [-0.4, -0.2) is 33.7 Å². The standard InChI is InChI=1S/C19H21F3N2O4S/c1-4-17(18(25)23-14-10-8-13(9-11-14)19(20,21)22)24(29(3,26)27)15-6-5-7-16(12-15)28-2/h5-12,17H,4H2,1-3H3,(H,23,25)/t17-/m1/s1. The Kier molecular flexibility index (Phi) is 6.78. The smallest absolute Gasteiger partial charge is 0.416 e. The minimum absolute atomic E-state index is 0.126. The average Bonchev–Trinajstić information content (AvgIpc) is 2.64. The highest BCUT2D eigenvalue weighted by atomic mass is 32.2. The number of benzene rings is 2. The molecule has 1 N–H and O–H groups in total. The van der Waals surface area contributed by atoms with E-state index >= 15 is 0 Å². The summed E-state index contributed by atoms with van der Waals surface area (Å²) >= 11 is 0. The van der Waals surface area contributed by atoms with E-state index in [1.165, 1.54) is 19.2 Å². The van der Waals surface area contributed by atoms with Gasteiger partial charge in [0, 0.05) is 11.8 Å². The third-order valence-electron chi connectivity index (χ3n) is 4.12. The third kappa shape index (κ3) is 5.63. The summed E-state index contributed by atoms with van der Waals surface area (Å²) in [6.45, 7) is 1.63. The minimum Gasteiger partial charge on any atom is -0.497 e. The fourth-order valence-electron chi connectivity index (χ4n) is 2.78. The van der Waals surface area contributed by atoms with Crippen molar-refractivity contribution in [2.45, 2.75) is 25.6 Å². The summed E-state index contributed by atoms with van der Waals surface area (Å²) in [6, 6.07) is 9.03. The molecule has 0 saturated carbocycles. The van der Waals surface area contributed by atoms with Crippen molar-refractivity contribution >= 4 is 27.3 Å². The Morgan fingerprint density at radius 2 is 1.79 bits per heavy atom. The van der Waals surface area contributed by atoms with Crippen molar-refractivity contribution < 1.29 is 31.1 Å². The summed E-state index contributed by atoms with van der Waals surface area (Å²) in [5, 5.41) is 2.48. The zero-order valence-electron chi connectivity index (χ0n) is 16.0. The Balaban J connectivity index is 2.33. The van der Waals surface area contributed by atoms with Crippen molar-refractivity contribution in [3.05, 3.63) is 54.1 Å². The van der Waals surface area contributed by atoms with Gasteiger partial charge in [-0.3, -0.25) is 9.10 Å². The Hall–Kier alpha value is -2.75. The van der Waals surface area contributed by atoms with E-state index < -0.39 is 33.7 Å². The van der Waals surface area contributed by atoms with Crippen molar-refractivity contribution in [3.8, 4) is 5.75 Å². The Morgan fingerprint density at radius 1 is 1.17 bits per heavy atom. The second-order valence-electron chi connectivity index (χ2n) is 6.25. The molecule has 0 aliphatic heterocycles. The van der Waals surface area contributed by atoms with Crippen molar-refractivity contribution in [2.75, 3.05) is 23.0 Å². The first-order chi connectivity index (χ1) is 13.5. The highest BCUT2D eigenvalue weighted by Crippen LogP contribution is 2.30. The summed E-state index contributed by atoms with van der Waals surface area (Å²) < 4.78 is 69.0. The average molecular weight is 430 g/mol. The van der Waals surface area contributed by atoms with Gasteiger partial charge in [-0.15, -0.1) is 0 Å². The molecule has 0 aliphatic rings. The second-order valence-corrected chi connectivity index (χ2v) is 8.11. The van der Waals surface area contributed by atoms with E-state index in [1.54, 1.807) is 19.1 Å². The van der Waals surface area contributed by atoms with Gasteiger partial charge in [0.15, 0.2) is 0 Å². The van der Waals surface area contributed by atoms with Gasteiger partial charge in [0.25, 0.3) is 0 Å². The van der Waals surface area contributed by atoms with Crippen LogP contribution in [0.1, 0.15) is 18.9 Å². The summed E-state index contributed by atoms with van der Waals surface area (Å²) in [5.74, 6) is -0.255. The minimum atomic E-state index is -4.49. The molecule has 1 amide bonds. The molecule has 0 spiro atoms. The van der Waals surface area contributed by atoms with Gasteiger partial charge >= 0.3 is 6.18 Å². The fraction of sp³-hybridized carbons (Fsp3) is 0.316. The van der Waals surface area contributed by atoms with Gasteiger partial charge in [-0.2, -0.15) is 13.2 Å². The summed E-state index contributed by atoms with van der Waals surface area (Å²) in [4.78, 5) is 12.8. The number of hydrogen-bond donors (Lipinski definition) is 1. The van der Waals surface area contributed by atoms with Gasteiger partial charge in [0.1, 0.15) is 11.8 Å². The normalized spacial score (nSPS) is 12.9. The van der Waals surface area contributed by atoms with Crippen LogP contribution < -0.4 is 14.4 Å². The number of ether oxygens (including phenoxy) is 1. The number of sulfonamides is 1. The van der Waals surface area contributed by atoms with Crippen LogP contribution in [0.25, 0.3) is 0 Å². The maximum Gasteiger partial charge on any atom is 0.416 e. The molecule has 0 radical (unpaired) electrons. The first kappa shape index (κ1) is 22.5. The lowest BCUT2D eigenvalue weighted by molar-refractivity contribution is -0.137. The molecule has 2 aromatic carbocycles. The van der Waals surface area contributed by atoms with Crippen LogP contribution >= 0.6 is 0 Å². The molecule has 6 nitrogen and oxygen atoms in total. The monoisotopic (exact) mass is 430 g/mol. The topological polar surface area (TPSA) is 75.7 Å². The highest BCUT2D eigenvalue weighted by Gasteiger charge is 2.32. The highest BCUT2D eigenvalue weighted by molar-refractivity contribution is 7.92. The van der Waals surface area contributed by atoms with E-state index in [0.717, 1.165) is 34.8 Å². The van der Waals surface area contributed by atoms with Crippen molar-refractivity contribution in [2.24, 2.45) is 0 Å². The second kappa shape index (κ2) is 8.73. The van der Waals surface area contributed by atoms with Crippen LogP contribution in [0.3, 0.4) is 0 Å². The first-order valence-electron chi connectivity index (χ1n) is 8.59. The van der Waals surface area contributed by atoms with Crippen LogP contribution in [0.4, 0.5) is 24.5 Å². The predicted molar refractivity (Wildman–Crippen MR) is 104 cm³/mol. The Labute approximate surface area is 167 Å². The number of alkyl halides is 3. The number of carbonyl (C=O) groups excluding carboxylic acids is 1. The maximum atomic E-state index is 12.8. The lowest BCUT2D eigenvalue weighted by atomic mass is 10.1. The maximum absolute atomic E-state index is 12.8. The molecule has 10 heteroatoms. The quantitative estimate of drug-likeness (QED) is 0.723. The van der Waals surface area contributed by atoms with Crippen LogP contribution in [0, 0.1) is 0 Å². The molecule has 0 heterocycles. The molecule has 0 aliphatic carbocycles. The molecule has 0 fully saturated rings. The van der Waals surface area contributed by atoms with Crippen molar-refractivity contribution in [1.82, 2.24) is 0 Å². The fourth-order valence-corrected chi connectivity index (χ4v) is 3.98. The van der Waals surface area contributed by atoms with Gasteiger partial charge in [-0.25, -0.2) is 8.42 Å². The van der Waals surface area contributed by atoms with E-state index in [2.05, 4.69) is 5.32 Å². The number of nitrogens with one attached hydrogen (secondary N) is 1. The summed E-state index contributed by atoms with van der Waals surface area (Å²) in [7, 11) is -2.42. The molecule has 0 unspecified atom stereocenters. The lowest BCUT2D eigenvalue weighted by Gasteiger charge is -2.30. The summed E-state index contributed by atoms with van der Waals surface area (Å²) in [5.41, 5.74) is -0.488. The molecule has 158 valence electrons. The Morgan fingerprint density at radius 3 is 2.28 bits per heavy atom. The van der Waals surface area contributed by atoms with E-state index in [4.69, 9.17) is 4.74 Å². The largest absolute Gasteiger partial charge is 0.497 e. The van der Waals surface area contributed by atoms with E-state index in [1.807, 2.05) is 0 Å². The zero-order valence-corrected chi connectivity index (χ0v) is 16.8. The Bertz CT molecular complexity index is 960.